The van der Waals surface area contributed by atoms with Crippen LogP contribution < -0.4 is 0 Å². The zero-order valence-electron chi connectivity index (χ0n) is 9.53. The van der Waals surface area contributed by atoms with Gasteiger partial charge in [0.1, 0.15) is 11.4 Å². The average molecular weight is 241 g/mol. The SMILES string of the molecule is CC1(C)CCSCC1(O)c1ccncc1F. The Labute approximate surface area is 99.3 Å². The monoisotopic (exact) mass is 241 g/mol. The van der Waals surface area contributed by atoms with Gasteiger partial charge in [0.05, 0.1) is 6.20 Å². The van der Waals surface area contributed by atoms with Gasteiger partial charge in [0.15, 0.2) is 0 Å². The van der Waals surface area contributed by atoms with Crippen molar-refractivity contribution in [2.75, 3.05) is 11.5 Å². The Morgan fingerprint density at radius 3 is 2.88 bits per heavy atom. The van der Waals surface area contributed by atoms with E-state index in [4.69, 9.17) is 0 Å². The molecule has 0 aliphatic carbocycles. The van der Waals surface area contributed by atoms with E-state index in [-0.39, 0.29) is 5.41 Å². The third-order valence-electron chi connectivity index (χ3n) is 3.52. The first-order chi connectivity index (χ1) is 7.47. The smallest absolute Gasteiger partial charge is 0.147 e. The zero-order chi connectivity index (χ0) is 11.8. The second kappa shape index (κ2) is 4.00. The molecule has 1 fully saturated rings. The van der Waals surface area contributed by atoms with Crippen LogP contribution in [0.2, 0.25) is 0 Å². The average Bonchev–Trinajstić information content (AvgIpc) is 2.23. The van der Waals surface area contributed by atoms with Crippen LogP contribution in [0.3, 0.4) is 0 Å². The van der Waals surface area contributed by atoms with E-state index in [0.717, 1.165) is 12.2 Å². The second-order valence-electron chi connectivity index (χ2n) is 4.90. The second-order valence-corrected chi connectivity index (χ2v) is 6.01. The maximum absolute atomic E-state index is 13.7. The summed E-state index contributed by atoms with van der Waals surface area (Å²) in [5, 5.41) is 10.8. The highest BCUT2D eigenvalue weighted by Crippen LogP contribution is 2.48. The third kappa shape index (κ3) is 1.74. The molecule has 1 saturated heterocycles. The first-order valence-corrected chi connectivity index (χ1v) is 6.53. The minimum Gasteiger partial charge on any atom is -0.384 e. The largest absolute Gasteiger partial charge is 0.384 e. The van der Waals surface area contributed by atoms with E-state index in [1.54, 1.807) is 17.8 Å². The molecule has 2 rings (SSSR count). The summed E-state index contributed by atoms with van der Waals surface area (Å²) in [6.07, 6.45) is 3.59. The van der Waals surface area contributed by atoms with Gasteiger partial charge >= 0.3 is 0 Å². The highest BCUT2D eigenvalue weighted by Gasteiger charge is 2.48. The third-order valence-corrected chi connectivity index (χ3v) is 4.63. The molecule has 16 heavy (non-hydrogen) atoms. The molecule has 0 amide bonds. The summed E-state index contributed by atoms with van der Waals surface area (Å²) in [6.45, 7) is 3.99. The van der Waals surface area contributed by atoms with Gasteiger partial charge in [-0.15, -0.1) is 0 Å². The number of hydrogen-bond donors (Lipinski definition) is 1. The number of rotatable bonds is 1. The van der Waals surface area contributed by atoms with Gasteiger partial charge in [0.2, 0.25) is 0 Å². The minimum atomic E-state index is -1.09. The fourth-order valence-electron chi connectivity index (χ4n) is 2.10. The van der Waals surface area contributed by atoms with Gasteiger partial charge in [-0.3, -0.25) is 4.98 Å². The van der Waals surface area contributed by atoms with Crippen LogP contribution in [0.15, 0.2) is 18.5 Å². The summed E-state index contributed by atoms with van der Waals surface area (Å²) in [4.78, 5) is 3.73. The van der Waals surface area contributed by atoms with Crippen molar-refractivity contribution in [2.45, 2.75) is 25.9 Å². The number of hydrogen-bond acceptors (Lipinski definition) is 3. The summed E-state index contributed by atoms with van der Waals surface area (Å²) in [5.41, 5.74) is -1.02. The molecule has 2 nitrogen and oxygen atoms in total. The lowest BCUT2D eigenvalue weighted by molar-refractivity contribution is -0.0605. The van der Waals surface area contributed by atoms with Crippen molar-refractivity contribution < 1.29 is 9.50 Å². The van der Waals surface area contributed by atoms with E-state index in [0.29, 0.717) is 11.3 Å². The molecule has 1 aliphatic heterocycles. The minimum absolute atomic E-state index is 0.305. The van der Waals surface area contributed by atoms with Crippen molar-refractivity contribution in [1.29, 1.82) is 0 Å². The summed E-state index contributed by atoms with van der Waals surface area (Å²) in [5.74, 6) is 1.14. The summed E-state index contributed by atoms with van der Waals surface area (Å²) in [7, 11) is 0. The Kier molecular flexibility index (Phi) is 2.97. The lowest BCUT2D eigenvalue weighted by atomic mass is 9.70. The van der Waals surface area contributed by atoms with E-state index in [1.165, 1.54) is 12.4 Å². The molecule has 0 spiro atoms. The Morgan fingerprint density at radius 2 is 2.25 bits per heavy atom. The van der Waals surface area contributed by atoms with Crippen LogP contribution in [0.5, 0.6) is 0 Å². The lowest BCUT2D eigenvalue weighted by Gasteiger charge is -2.46. The van der Waals surface area contributed by atoms with Crippen LogP contribution in [0.4, 0.5) is 4.39 Å². The molecule has 1 unspecified atom stereocenters. The number of pyridine rings is 1. The van der Waals surface area contributed by atoms with Gasteiger partial charge in [0, 0.05) is 17.5 Å². The maximum atomic E-state index is 13.7. The molecule has 1 aromatic heterocycles. The van der Waals surface area contributed by atoms with Crippen molar-refractivity contribution >= 4 is 11.8 Å². The number of aliphatic hydroxyl groups is 1. The first kappa shape index (κ1) is 11.9. The molecule has 2 heterocycles. The predicted octanol–water partition coefficient (Wildman–Crippen LogP) is 2.57. The van der Waals surface area contributed by atoms with Crippen LogP contribution in [-0.4, -0.2) is 21.6 Å². The zero-order valence-corrected chi connectivity index (χ0v) is 10.4. The maximum Gasteiger partial charge on any atom is 0.147 e. The normalized spacial score (nSPS) is 29.0. The van der Waals surface area contributed by atoms with Crippen molar-refractivity contribution in [3.63, 3.8) is 0 Å². The van der Waals surface area contributed by atoms with Crippen LogP contribution in [0.1, 0.15) is 25.8 Å². The fraction of sp³-hybridized carbons (Fsp3) is 0.583. The molecule has 0 radical (unpaired) electrons. The van der Waals surface area contributed by atoms with E-state index in [9.17, 15) is 9.50 Å². The van der Waals surface area contributed by atoms with Crippen molar-refractivity contribution in [1.82, 2.24) is 4.98 Å². The molecule has 0 saturated carbocycles. The van der Waals surface area contributed by atoms with E-state index in [2.05, 4.69) is 4.98 Å². The van der Waals surface area contributed by atoms with Gasteiger partial charge in [0.25, 0.3) is 0 Å². The van der Waals surface area contributed by atoms with Crippen LogP contribution in [0.25, 0.3) is 0 Å². The Morgan fingerprint density at radius 1 is 1.50 bits per heavy atom. The van der Waals surface area contributed by atoms with E-state index < -0.39 is 11.4 Å². The summed E-state index contributed by atoms with van der Waals surface area (Å²) >= 11 is 1.67. The van der Waals surface area contributed by atoms with Gasteiger partial charge in [-0.05, 0) is 23.7 Å². The molecular weight excluding hydrogens is 225 g/mol. The van der Waals surface area contributed by atoms with E-state index in [1.807, 2.05) is 13.8 Å². The van der Waals surface area contributed by atoms with Crippen molar-refractivity contribution in [2.24, 2.45) is 5.41 Å². The molecule has 0 aromatic carbocycles. The molecule has 1 aromatic rings. The lowest BCUT2D eigenvalue weighted by Crippen LogP contribution is -2.47. The topological polar surface area (TPSA) is 33.1 Å². The Bertz CT molecular complexity index is 396. The predicted molar refractivity (Wildman–Crippen MR) is 63.8 cm³/mol. The molecule has 1 N–H and O–H groups in total. The summed E-state index contributed by atoms with van der Waals surface area (Å²) < 4.78 is 13.7. The van der Waals surface area contributed by atoms with Crippen LogP contribution >= 0.6 is 11.8 Å². The molecule has 4 heteroatoms. The standard InChI is InChI=1S/C12H16FNOS/c1-11(2)4-6-16-8-12(11,15)9-3-5-14-7-10(9)13/h3,5,7,15H,4,6,8H2,1-2H3. The first-order valence-electron chi connectivity index (χ1n) is 5.37. The van der Waals surface area contributed by atoms with Gasteiger partial charge in [-0.1, -0.05) is 13.8 Å². The number of halogens is 1. The number of aromatic nitrogens is 1. The highest BCUT2D eigenvalue weighted by atomic mass is 32.2. The van der Waals surface area contributed by atoms with Crippen molar-refractivity contribution in [3.05, 3.63) is 29.8 Å². The van der Waals surface area contributed by atoms with Crippen LogP contribution in [0, 0.1) is 11.2 Å². The highest BCUT2D eigenvalue weighted by molar-refractivity contribution is 7.99. The molecule has 0 bridgehead atoms. The number of nitrogens with zero attached hydrogens (tertiary/aromatic N) is 1. The number of thioether (sulfide) groups is 1. The molecule has 88 valence electrons. The quantitative estimate of drug-likeness (QED) is 0.820. The molecule has 1 aliphatic rings. The molecular formula is C12H16FNOS. The molecule has 1 atom stereocenters. The van der Waals surface area contributed by atoms with Crippen molar-refractivity contribution in [3.8, 4) is 0 Å². The Hall–Kier alpha value is -0.610. The fourth-order valence-corrected chi connectivity index (χ4v) is 3.74. The van der Waals surface area contributed by atoms with Gasteiger partial charge < -0.3 is 5.11 Å². The van der Waals surface area contributed by atoms with Crippen LogP contribution in [-0.2, 0) is 5.60 Å². The van der Waals surface area contributed by atoms with Gasteiger partial charge in [-0.2, -0.15) is 11.8 Å². The van der Waals surface area contributed by atoms with Gasteiger partial charge in [-0.25, -0.2) is 4.39 Å². The summed E-state index contributed by atoms with van der Waals surface area (Å²) in [6, 6.07) is 1.59. The van der Waals surface area contributed by atoms with E-state index >= 15 is 0 Å². The Balaban J connectivity index is 2.48.